The molecule has 0 unspecified atom stereocenters. The van der Waals surface area contributed by atoms with Crippen LogP contribution in [0.2, 0.25) is 5.02 Å². The van der Waals surface area contributed by atoms with Gasteiger partial charge in [0.15, 0.2) is 0 Å². The lowest BCUT2D eigenvalue weighted by Crippen LogP contribution is -2.44. The smallest absolute Gasteiger partial charge is 0.272 e. The van der Waals surface area contributed by atoms with Gasteiger partial charge in [-0.1, -0.05) is 11.6 Å². The summed E-state index contributed by atoms with van der Waals surface area (Å²) in [7, 11) is 2.15. The van der Waals surface area contributed by atoms with Gasteiger partial charge in [0.05, 0.1) is 0 Å². The van der Waals surface area contributed by atoms with E-state index in [1.54, 1.807) is 0 Å². The number of aryl methyl sites for hydroxylation is 2. The first-order valence-electron chi connectivity index (χ1n) is 10.1. The maximum Gasteiger partial charge on any atom is 0.272 e. The van der Waals surface area contributed by atoms with Crippen LogP contribution < -0.4 is 10.2 Å². The van der Waals surface area contributed by atoms with Crippen molar-refractivity contribution in [1.82, 2.24) is 9.47 Å². The van der Waals surface area contributed by atoms with Crippen molar-refractivity contribution in [3.8, 4) is 0 Å². The van der Waals surface area contributed by atoms with Crippen molar-refractivity contribution < 1.29 is 4.79 Å². The number of rotatable bonds is 4. The summed E-state index contributed by atoms with van der Waals surface area (Å²) in [5.41, 5.74) is 4.68. The van der Waals surface area contributed by atoms with Crippen molar-refractivity contribution >= 4 is 39.8 Å². The second-order valence-corrected chi connectivity index (χ2v) is 8.11. The Morgan fingerprint density at radius 2 is 1.76 bits per heavy atom. The summed E-state index contributed by atoms with van der Waals surface area (Å²) in [6.45, 7) is 8.95. The maximum absolute atomic E-state index is 13.1. The number of amides is 1. The molecule has 1 aromatic heterocycles. The third kappa shape index (κ3) is 3.85. The van der Waals surface area contributed by atoms with Crippen LogP contribution in [0.15, 0.2) is 42.5 Å². The third-order valence-corrected chi connectivity index (χ3v) is 6.04. The van der Waals surface area contributed by atoms with Gasteiger partial charge in [0.25, 0.3) is 5.91 Å². The summed E-state index contributed by atoms with van der Waals surface area (Å²) < 4.78 is 2.05. The monoisotopic (exact) mass is 410 g/mol. The Morgan fingerprint density at radius 3 is 2.41 bits per heavy atom. The summed E-state index contributed by atoms with van der Waals surface area (Å²) in [6.07, 6.45) is 0. The number of aromatic nitrogens is 1. The number of hydrogen-bond donors (Lipinski definition) is 1. The normalized spacial score (nSPS) is 15.1. The number of hydrogen-bond acceptors (Lipinski definition) is 3. The Morgan fingerprint density at radius 1 is 1.07 bits per heavy atom. The molecular weight excluding hydrogens is 384 g/mol. The van der Waals surface area contributed by atoms with Crippen LogP contribution in [0.1, 0.15) is 23.0 Å². The fourth-order valence-electron chi connectivity index (χ4n) is 4.13. The molecule has 0 saturated carbocycles. The Hall–Kier alpha value is -2.50. The number of halogens is 1. The summed E-state index contributed by atoms with van der Waals surface area (Å²) in [6, 6.07) is 13.9. The van der Waals surface area contributed by atoms with Crippen LogP contribution in [0.4, 0.5) is 11.4 Å². The van der Waals surface area contributed by atoms with Gasteiger partial charge in [-0.25, -0.2) is 0 Å². The van der Waals surface area contributed by atoms with Gasteiger partial charge in [-0.05, 0) is 68.9 Å². The molecule has 4 rings (SSSR count). The molecule has 0 spiro atoms. The average molecular weight is 411 g/mol. The lowest BCUT2D eigenvalue weighted by molar-refractivity contribution is 0.101. The number of nitrogens with one attached hydrogen (secondary N) is 1. The van der Waals surface area contributed by atoms with E-state index in [1.165, 1.54) is 5.69 Å². The van der Waals surface area contributed by atoms with Crippen LogP contribution in [0.3, 0.4) is 0 Å². The minimum Gasteiger partial charge on any atom is -0.369 e. The molecule has 1 saturated heterocycles. The highest BCUT2D eigenvalue weighted by atomic mass is 35.5. The van der Waals surface area contributed by atoms with Gasteiger partial charge in [-0.3, -0.25) is 4.79 Å². The number of benzene rings is 2. The van der Waals surface area contributed by atoms with Gasteiger partial charge in [-0.2, -0.15) is 0 Å². The van der Waals surface area contributed by atoms with Crippen molar-refractivity contribution in [1.29, 1.82) is 0 Å². The molecule has 29 heavy (non-hydrogen) atoms. The van der Waals surface area contributed by atoms with Crippen LogP contribution in [0.25, 0.3) is 10.9 Å². The van der Waals surface area contributed by atoms with Gasteiger partial charge < -0.3 is 19.7 Å². The zero-order valence-electron chi connectivity index (χ0n) is 17.2. The first-order valence-corrected chi connectivity index (χ1v) is 10.5. The second-order valence-electron chi connectivity index (χ2n) is 7.67. The van der Waals surface area contributed by atoms with Gasteiger partial charge in [0.2, 0.25) is 0 Å². The van der Waals surface area contributed by atoms with Gasteiger partial charge in [0.1, 0.15) is 5.69 Å². The topological polar surface area (TPSA) is 40.5 Å². The number of fused-ring (bicyclic) bond motifs is 1. The van der Waals surface area contributed by atoms with E-state index in [2.05, 4.69) is 45.8 Å². The molecule has 3 aromatic rings. The van der Waals surface area contributed by atoms with E-state index in [9.17, 15) is 4.79 Å². The molecule has 2 heterocycles. The molecule has 6 heteroatoms. The highest BCUT2D eigenvalue weighted by molar-refractivity contribution is 6.31. The molecule has 0 atom stereocenters. The van der Waals surface area contributed by atoms with Gasteiger partial charge in [0, 0.05) is 60.0 Å². The Kier molecular flexibility index (Phi) is 5.52. The van der Waals surface area contributed by atoms with E-state index in [4.69, 9.17) is 11.6 Å². The van der Waals surface area contributed by atoms with Crippen LogP contribution >= 0.6 is 11.6 Å². The van der Waals surface area contributed by atoms with Crippen molar-refractivity contribution in [2.45, 2.75) is 20.4 Å². The first-order chi connectivity index (χ1) is 14.0. The Balaban J connectivity index is 1.56. The molecule has 1 fully saturated rings. The van der Waals surface area contributed by atoms with Crippen LogP contribution in [-0.4, -0.2) is 48.6 Å². The summed E-state index contributed by atoms with van der Waals surface area (Å²) in [4.78, 5) is 17.8. The number of piperazine rings is 1. The van der Waals surface area contributed by atoms with Crippen LogP contribution in [-0.2, 0) is 6.54 Å². The fourth-order valence-corrected chi connectivity index (χ4v) is 4.30. The minimum atomic E-state index is -0.0935. The fraction of sp³-hybridized carbons (Fsp3) is 0.348. The molecule has 0 bridgehead atoms. The van der Waals surface area contributed by atoms with Crippen molar-refractivity contribution in [2.75, 3.05) is 43.4 Å². The molecule has 5 nitrogen and oxygen atoms in total. The third-order valence-electron chi connectivity index (χ3n) is 5.80. The minimum absolute atomic E-state index is 0.0935. The highest BCUT2D eigenvalue weighted by Gasteiger charge is 2.20. The van der Waals surface area contributed by atoms with Crippen molar-refractivity contribution in [3.05, 3.63) is 58.7 Å². The Bertz CT molecular complexity index is 1030. The standard InChI is InChI=1S/C23H27ClN4O/c1-4-28-21-10-5-17(24)15-20(21)16(2)22(28)23(29)25-18-6-8-19(9-7-18)27-13-11-26(3)12-14-27/h5-10,15H,4,11-14H2,1-3H3,(H,25,29). The lowest BCUT2D eigenvalue weighted by atomic mass is 10.1. The van der Waals surface area contributed by atoms with Crippen molar-refractivity contribution in [2.24, 2.45) is 0 Å². The van der Waals surface area contributed by atoms with E-state index in [0.717, 1.165) is 54.9 Å². The van der Waals surface area contributed by atoms with Crippen LogP contribution in [0, 0.1) is 6.92 Å². The van der Waals surface area contributed by atoms with E-state index >= 15 is 0 Å². The number of nitrogens with zero attached hydrogens (tertiary/aromatic N) is 3. The van der Waals surface area contributed by atoms with Crippen molar-refractivity contribution in [3.63, 3.8) is 0 Å². The van der Waals surface area contributed by atoms with E-state index < -0.39 is 0 Å². The zero-order chi connectivity index (χ0) is 20.5. The maximum atomic E-state index is 13.1. The number of likely N-dealkylation sites (N-methyl/N-ethyl adjacent to an activating group) is 1. The molecule has 0 aliphatic carbocycles. The molecular formula is C23H27ClN4O. The summed E-state index contributed by atoms with van der Waals surface area (Å²) in [5, 5.41) is 4.77. The number of carbonyl (C=O) groups is 1. The first kappa shape index (κ1) is 19.8. The van der Waals surface area contributed by atoms with Gasteiger partial charge in [-0.15, -0.1) is 0 Å². The molecule has 1 N–H and O–H groups in total. The highest BCUT2D eigenvalue weighted by Crippen LogP contribution is 2.29. The molecule has 2 aromatic carbocycles. The van der Waals surface area contributed by atoms with E-state index in [-0.39, 0.29) is 5.91 Å². The second kappa shape index (κ2) is 8.09. The Labute approximate surface area is 176 Å². The van der Waals surface area contributed by atoms with Gasteiger partial charge >= 0.3 is 0 Å². The van der Waals surface area contributed by atoms with Crippen LogP contribution in [0.5, 0.6) is 0 Å². The molecule has 152 valence electrons. The number of anilines is 2. The molecule has 1 aliphatic rings. The average Bonchev–Trinajstić information content (AvgIpc) is 3.00. The lowest BCUT2D eigenvalue weighted by Gasteiger charge is -2.34. The molecule has 0 radical (unpaired) electrons. The quantitative estimate of drug-likeness (QED) is 0.681. The molecule has 1 aliphatic heterocycles. The van der Waals surface area contributed by atoms with E-state index in [0.29, 0.717) is 10.7 Å². The zero-order valence-corrected chi connectivity index (χ0v) is 18.0. The predicted molar refractivity (Wildman–Crippen MR) is 121 cm³/mol. The largest absolute Gasteiger partial charge is 0.369 e. The SMILES string of the molecule is CCn1c(C(=O)Nc2ccc(N3CCN(C)CC3)cc2)c(C)c2cc(Cl)ccc21. The summed E-state index contributed by atoms with van der Waals surface area (Å²) >= 11 is 6.18. The molecule has 1 amide bonds. The summed E-state index contributed by atoms with van der Waals surface area (Å²) in [5.74, 6) is -0.0935. The predicted octanol–water partition coefficient (Wildman–Crippen LogP) is 4.63. The number of carbonyl (C=O) groups excluding carboxylic acids is 1. The van der Waals surface area contributed by atoms with E-state index in [1.807, 2.05) is 37.3 Å².